The predicted octanol–water partition coefficient (Wildman–Crippen LogP) is 0.933. The predicted molar refractivity (Wildman–Crippen MR) is 100 cm³/mol. The van der Waals surface area contributed by atoms with Gasteiger partial charge in [-0.15, -0.1) is 0 Å². The van der Waals surface area contributed by atoms with Crippen molar-refractivity contribution in [3.05, 3.63) is 46.9 Å². The van der Waals surface area contributed by atoms with Gasteiger partial charge in [0, 0.05) is 44.2 Å². The van der Waals surface area contributed by atoms with Gasteiger partial charge in [0.2, 0.25) is 15.9 Å². The van der Waals surface area contributed by atoms with Crippen molar-refractivity contribution in [2.75, 3.05) is 25.4 Å². The first-order valence-corrected chi connectivity index (χ1v) is 10.4. The number of carbonyl (C=O) groups excluding carboxylic acids is 1. The highest BCUT2D eigenvalue weighted by Gasteiger charge is 2.19. The second-order valence-corrected chi connectivity index (χ2v) is 8.38. The van der Waals surface area contributed by atoms with Gasteiger partial charge >= 0.3 is 0 Å². The van der Waals surface area contributed by atoms with Crippen LogP contribution in [0.5, 0.6) is 0 Å². The van der Waals surface area contributed by atoms with E-state index in [2.05, 4.69) is 4.72 Å². The van der Waals surface area contributed by atoms with Gasteiger partial charge in [0.25, 0.3) is 5.56 Å². The zero-order valence-corrected chi connectivity index (χ0v) is 15.4. The van der Waals surface area contributed by atoms with Gasteiger partial charge in [0.1, 0.15) is 0 Å². The van der Waals surface area contributed by atoms with Crippen LogP contribution in [0.15, 0.2) is 41.3 Å². The van der Waals surface area contributed by atoms with E-state index in [4.69, 9.17) is 0 Å². The molecule has 2 aromatic rings. The summed E-state index contributed by atoms with van der Waals surface area (Å²) in [6.45, 7) is 1.73. The molecule has 0 radical (unpaired) electrons. The molecule has 1 aromatic heterocycles. The average Bonchev–Trinajstić information content (AvgIpc) is 3.03. The van der Waals surface area contributed by atoms with E-state index in [0.717, 1.165) is 18.4 Å². The van der Waals surface area contributed by atoms with Gasteiger partial charge in [0.15, 0.2) is 0 Å². The maximum Gasteiger partial charge on any atom is 0.258 e. The smallest absolute Gasteiger partial charge is 0.258 e. The number of nitrogens with zero attached hydrogens (tertiary/aromatic N) is 2. The third kappa shape index (κ3) is 4.50. The number of rotatable bonds is 8. The highest BCUT2D eigenvalue weighted by Crippen LogP contribution is 2.10. The third-order valence-electron chi connectivity index (χ3n) is 4.59. The molecule has 0 bridgehead atoms. The Morgan fingerprint density at radius 3 is 2.65 bits per heavy atom. The van der Waals surface area contributed by atoms with E-state index in [0.29, 0.717) is 31.3 Å². The zero-order valence-electron chi connectivity index (χ0n) is 14.6. The second-order valence-electron chi connectivity index (χ2n) is 6.45. The van der Waals surface area contributed by atoms with Gasteiger partial charge in [-0.1, -0.05) is 18.2 Å². The van der Waals surface area contributed by atoms with Crippen LogP contribution in [0.25, 0.3) is 10.8 Å². The van der Waals surface area contributed by atoms with Crippen LogP contribution in [-0.4, -0.2) is 49.2 Å². The normalized spacial score (nSPS) is 15.1. The maximum absolute atomic E-state index is 12.4. The molecular formula is C18H23N3O4S. The van der Waals surface area contributed by atoms with E-state index >= 15 is 0 Å². The highest BCUT2D eigenvalue weighted by molar-refractivity contribution is 7.89. The van der Waals surface area contributed by atoms with Crippen LogP contribution in [0.2, 0.25) is 0 Å². The lowest BCUT2D eigenvalue weighted by Gasteiger charge is -2.15. The fourth-order valence-corrected chi connectivity index (χ4v) is 4.17. The number of likely N-dealkylation sites (tertiary alicyclic amines) is 1. The summed E-state index contributed by atoms with van der Waals surface area (Å²) in [6.07, 6.45) is 3.68. The Balaban J connectivity index is 1.51. The quantitative estimate of drug-likeness (QED) is 0.693. The summed E-state index contributed by atoms with van der Waals surface area (Å²) in [7, 11) is -3.47. The van der Waals surface area contributed by atoms with Gasteiger partial charge < -0.3 is 9.47 Å². The number of pyridine rings is 1. The minimum absolute atomic E-state index is 0.101. The molecule has 26 heavy (non-hydrogen) atoms. The Hall–Kier alpha value is -2.19. The summed E-state index contributed by atoms with van der Waals surface area (Å²) in [6, 6.07) is 9.04. The molecule has 0 atom stereocenters. The molecule has 1 saturated heterocycles. The minimum atomic E-state index is -3.47. The van der Waals surface area contributed by atoms with Crippen molar-refractivity contribution >= 4 is 26.7 Å². The summed E-state index contributed by atoms with van der Waals surface area (Å²) in [5.41, 5.74) is -0.189. The first-order chi connectivity index (χ1) is 12.5. The molecule has 0 unspecified atom stereocenters. The number of nitrogens with one attached hydrogen (secondary N) is 1. The molecule has 1 aliphatic rings. The summed E-state index contributed by atoms with van der Waals surface area (Å²) >= 11 is 0. The number of benzene rings is 1. The van der Waals surface area contributed by atoms with Crippen molar-refractivity contribution in [3.63, 3.8) is 0 Å². The van der Waals surface area contributed by atoms with E-state index in [1.807, 2.05) is 18.2 Å². The van der Waals surface area contributed by atoms with Crippen molar-refractivity contribution in [3.8, 4) is 0 Å². The van der Waals surface area contributed by atoms with Crippen molar-refractivity contribution in [2.24, 2.45) is 0 Å². The van der Waals surface area contributed by atoms with E-state index in [9.17, 15) is 18.0 Å². The average molecular weight is 377 g/mol. The molecule has 1 aromatic carbocycles. The lowest BCUT2D eigenvalue weighted by atomic mass is 10.2. The zero-order chi connectivity index (χ0) is 18.6. The summed E-state index contributed by atoms with van der Waals surface area (Å²) in [5, 5.41) is 1.42. The molecule has 140 valence electrons. The topological polar surface area (TPSA) is 88.5 Å². The number of carbonyl (C=O) groups is 1. The molecule has 8 heteroatoms. The Labute approximate surface area is 152 Å². The molecule has 1 aliphatic heterocycles. The monoisotopic (exact) mass is 377 g/mol. The third-order valence-corrected chi connectivity index (χ3v) is 5.95. The summed E-state index contributed by atoms with van der Waals surface area (Å²) < 4.78 is 28.2. The van der Waals surface area contributed by atoms with Crippen LogP contribution in [0, 0.1) is 0 Å². The van der Waals surface area contributed by atoms with Crippen LogP contribution in [0.3, 0.4) is 0 Å². The molecule has 1 amide bonds. The Morgan fingerprint density at radius 1 is 1.08 bits per heavy atom. The van der Waals surface area contributed by atoms with Crippen LogP contribution >= 0.6 is 0 Å². The molecule has 1 N–H and O–H groups in total. The number of aromatic nitrogens is 1. The van der Waals surface area contributed by atoms with Gasteiger partial charge in [-0.25, -0.2) is 13.1 Å². The molecule has 0 saturated carbocycles. The van der Waals surface area contributed by atoms with E-state index in [1.54, 1.807) is 23.2 Å². The van der Waals surface area contributed by atoms with Gasteiger partial charge in [-0.3, -0.25) is 9.59 Å². The highest BCUT2D eigenvalue weighted by atomic mass is 32.2. The van der Waals surface area contributed by atoms with Crippen molar-refractivity contribution in [2.45, 2.75) is 25.8 Å². The molecule has 0 spiro atoms. The maximum atomic E-state index is 12.4. The Kier molecular flexibility index (Phi) is 5.73. The second kappa shape index (κ2) is 8.01. The SMILES string of the molecule is O=C1CCCN1CCCNS(=O)(=O)CCn1ccc2ccccc2c1=O. The summed E-state index contributed by atoms with van der Waals surface area (Å²) in [4.78, 5) is 25.7. The summed E-state index contributed by atoms with van der Waals surface area (Å²) in [5.74, 6) is -0.0167. The van der Waals surface area contributed by atoms with Gasteiger partial charge in [-0.2, -0.15) is 0 Å². The van der Waals surface area contributed by atoms with Crippen molar-refractivity contribution in [1.82, 2.24) is 14.2 Å². The first-order valence-electron chi connectivity index (χ1n) is 8.79. The van der Waals surface area contributed by atoms with E-state index in [1.165, 1.54) is 4.57 Å². The van der Waals surface area contributed by atoms with Gasteiger partial charge in [0.05, 0.1) is 5.75 Å². The number of hydrogen-bond acceptors (Lipinski definition) is 4. The number of hydrogen-bond donors (Lipinski definition) is 1. The van der Waals surface area contributed by atoms with E-state index < -0.39 is 10.0 Å². The molecular weight excluding hydrogens is 354 g/mol. The fraction of sp³-hybridized carbons (Fsp3) is 0.444. The molecule has 1 fully saturated rings. The van der Waals surface area contributed by atoms with Crippen molar-refractivity contribution in [1.29, 1.82) is 0 Å². The molecule has 3 rings (SSSR count). The largest absolute Gasteiger partial charge is 0.343 e. The van der Waals surface area contributed by atoms with E-state index in [-0.39, 0.29) is 23.8 Å². The molecule has 7 nitrogen and oxygen atoms in total. The van der Waals surface area contributed by atoms with Crippen molar-refractivity contribution < 1.29 is 13.2 Å². The number of fused-ring (bicyclic) bond motifs is 1. The first kappa shape index (κ1) is 18.6. The Morgan fingerprint density at radius 2 is 1.88 bits per heavy atom. The van der Waals surface area contributed by atoms with Crippen LogP contribution in [0.4, 0.5) is 0 Å². The number of sulfonamides is 1. The fourth-order valence-electron chi connectivity index (χ4n) is 3.13. The minimum Gasteiger partial charge on any atom is -0.343 e. The van der Waals surface area contributed by atoms with Crippen LogP contribution in [-0.2, 0) is 21.4 Å². The van der Waals surface area contributed by atoms with Crippen LogP contribution in [0.1, 0.15) is 19.3 Å². The lowest BCUT2D eigenvalue weighted by molar-refractivity contribution is -0.127. The number of aryl methyl sites for hydroxylation is 1. The molecule has 0 aliphatic carbocycles. The Bertz CT molecular complexity index is 952. The number of amides is 1. The van der Waals surface area contributed by atoms with Crippen LogP contribution < -0.4 is 10.3 Å². The van der Waals surface area contributed by atoms with Gasteiger partial charge in [-0.05, 0) is 30.4 Å². The lowest BCUT2D eigenvalue weighted by Crippen LogP contribution is -2.33. The molecule has 2 heterocycles. The standard InChI is InChI=1S/C18H23N3O4S/c22-17-7-3-10-20(17)11-4-9-19-26(24,25)14-13-21-12-8-15-5-1-2-6-16(15)18(21)23/h1-2,5-6,8,12,19H,3-4,7,9-11,13-14H2.